The van der Waals surface area contributed by atoms with E-state index in [2.05, 4.69) is 54.4 Å². The summed E-state index contributed by atoms with van der Waals surface area (Å²) < 4.78 is 1.10. The zero-order valence-electron chi connectivity index (χ0n) is 12.5. The molecular weight excluding hydrogens is 330 g/mol. The van der Waals surface area contributed by atoms with Crippen LogP contribution in [0.4, 0.5) is 17.3 Å². The Morgan fingerprint density at radius 3 is 2.62 bits per heavy atom. The van der Waals surface area contributed by atoms with E-state index >= 15 is 0 Å². The molecule has 2 aromatic rings. The lowest BCUT2D eigenvalue weighted by Crippen LogP contribution is -2.21. The number of hydrogen-bond donors (Lipinski definition) is 2. The van der Waals surface area contributed by atoms with Crippen molar-refractivity contribution in [3.05, 3.63) is 40.6 Å². The van der Waals surface area contributed by atoms with E-state index in [1.54, 1.807) is 6.33 Å². The van der Waals surface area contributed by atoms with E-state index in [1.165, 1.54) is 5.56 Å². The van der Waals surface area contributed by atoms with Gasteiger partial charge < -0.3 is 15.5 Å². The first-order chi connectivity index (χ1) is 10.0. The molecule has 21 heavy (non-hydrogen) atoms. The largest absolute Gasteiger partial charge is 0.369 e. The highest BCUT2D eigenvalue weighted by Gasteiger charge is 2.01. The quantitative estimate of drug-likeness (QED) is 0.838. The number of benzene rings is 1. The van der Waals surface area contributed by atoms with E-state index in [1.807, 2.05) is 32.3 Å². The van der Waals surface area contributed by atoms with Crippen LogP contribution in [0.25, 0.3) is 0 Å². The summed E-state index contributed by atoms with van der Waals surface area (Å²) >= 11 is 3.50. The molecule has 0 aliphatic heterocycles. The van der Waals surface area contributed by atoms with E-state index in [9.17, 15) is 0 Å². The van der Waals surface area contributed by atoms with Gasteiger partial charge in [0.1, 0.15) is 18.0 Å². The number of aryl methyl sites for hydroxylation is 1. The molecule has 0 unspecified atom stereocenters. The number of likely N-dealkylation sites (N-methyl/N-ethyl adjacent to an activating group) is 1. The number of rotatable bonds is 6. The molecule has 6 heteroatoms. The molecule has 0 saturated carbocycles. The number of nitrogens with one attached hydrogen (secondary N) is 2. The molecular formula is C15H20BrN5. The minimum Gasteiger partial charge on any atom is -0.369 e. The van der Waals surface area contributed by atoms with Gasteiger partial charge in [-0.15, -0.1) is 0 Å². The minimum absolute atomic E-state index is 0.777. The van der Waals surface area contributed by atoms with Crippen molar-refractivity contribution in [1.29, 1.82) is 0 Å². The average molecular weight is 350 g/mol. The van der Waals surface area contributed by atoms with Gasteiger partial charge in [0.2, 0.25) is 0 Å². The second kappa shape index (κ2) is 7.38. The number of nitrogens with zero attached hydrogens (tertiary/aromatic N) is 3. The highest BCUT2D eigenvalue weighted by molar-refractivity contribution is 9.10. The molecule has 0 radical (unpaired) electrons. The van der Waals surface area contributed by atoms with E-state index in [0.717, 1.165) is 34.9 Å². The molecule has 0 amide bonds. The first-order valence-electron chi connectivity index (χ1n) is 6.78. The van der Waals surface area contributed by atoms with Gasteiger partial charge in [-0.1, -0.05) is 15.9 Å². The highest BCUT2D eigenvalue weighted by atomic mass is 79.9. The van der Waals surface area contributed by atoms with Gasteiger partial charge in [-0.2, -0.15) is 0 Å². The summed E-state index contributed by atoms with van der Waals surface area (Å²) in [6.07, 6.45) is 1.56. The molecule has 0 fully saturated rings. The van der Waals surface area contributed by atoms with Gasteiger partial charge in [0.15, 0.2) is 0 Å². The van der Waals surface area contributed by atoms with Crippen molar-refractivity contribution in [3.8, 4) is 0 Å². The number of halogens is 1. The van der Waals surface area contributed by atoms with Crippen molar-refractivity contribution in [3.63, 3.8) is 0 Å². The Kier molecular flexibility index (Phi) is 5.52. The van der Waals surface area contributed by atoms with Gasteiger partial charge in [0.25, 0.3) is 0 Å². The molecule has 0 aliphatic rings. The maximum Gasteiger partial charge on any atom is 0.135 e. The van der Waals surface area contributed by atoms with Crippen LogP contribution in [0.2, 0.25) is 0 Å². The Labute approximate surface area is 133 Å². The van der Waals surface area contributed by atoms with Gasteiger partial charge in [-0.05, 0) is 44.8 Å². The summed E-state index contributed by atoms with van der Waals surface area (Å²) in [4.78, 5) is 10.6. The molecule has 2 N–H and O–H groups in total. The minimum atomic E-state index is 0.777. The van der Waals surface area contributed by atoms with Gasteiger partial charge in [-0.3, -0.25) is 0 Å². The third-order valence-electron chi connectivity index (χ3n) is 2.96. The standard InChI is InChI=1S/C15H20BrN5/c1-11-8-12(4-5-13(11)16)20-15-9-14(18-10-19-15)17-6-7-21(2)3/h4-5,8-10H,6-7H2,1-3H3,(H2,17,18,19,20). The lowest BCUT2D eigenvalue weighted by Gasteiger charge is -2.12. The van der Waals surface area contributed by atoms with Crippen LogP contribution in [0.1, 0.15) is 5.56 Å². The third kappa shape index (κ3) is 4.99. The van der Waals surface area contributed by atoms with E-state index in [4.69, 9.17) is 0 Å². The number of aromatic nitrogens is 2. The van der Waals surface area contributed by atoms with Crippen molar-refractivity contribution in [1.82, 2.24) is 14.9 Å². The van der Waals surface area contributed by atoms with Crippen LogP contribution in [-0.2, 0) is 0 Å². The summed E-state index contributed by atoms with van der Waals surface area (Å²) in [6.45, 7) is 3.86. The molecule has 1 aromatic heterocycles. The van der Waals surface area contributed by atoms with E-state index < -0.39 is 0 Å². The maximum absolute atomic E-state index is 4.25. The monoisotopic (exact) mass is 349 g/mol. The SMILES string of the molecule is Cc1cc(Nc2cc(NCCN(C)C)ncn2)ccc1Br. The molecule has 5 nitrogen and oxygen atoms in total. The van der Waals surface area contributed by atoms with Crippen LogP contribution in [0, 0.1) is 6.92 Å². The summed E-state index contributed by atoms with van der Waals surface area (Å²) in [5.74, 6) is 1.60. The zero-order chi connectivity index (χ0) is 15.2. The van der Waals surface area contributed by atoms with Gasteiger partial charge in [0.05, 0.1) is 0 Å². The Bertz CT molecular complexity index is 600. The number of anilines is 3. The van der Waals surface area contributed by atoms with E-state index in [-0.39, 0.29) is 0 Å². The topological polar surface area (TPSA) is 53.1 Å². The van der Waals surface area contributed by atoms with Gasteiger partial charge >= 0.3 is 0 Å². The summed E-state index contributed by atoms with van der Waals surface area (Å²) in [5.41, 5.74) is 2.19. The van der Waals surface area contributed by atoms with Crippen LogP contribution in [0.15, 0.2) is 35.1 Å². The molecule has 1 heterocycles. The van der Waals surface area contributed by atoms with Crippen LogP contribution >= 0.6 is 15.9 Å². The Hall–Kier alpha value is -1.66. The van der Waals surface area contributed by atoms with Crippen LogP contribution < -0.4 is 10.6 Å². The first kappa shape index (κ1) is 15.7. The van der Waals surface area contributed by atoms with Gasteiger partial charge in [0, 0.05) is 29.3 Å². The highest BCUT2D eigenvalue weighted by Crippen LogP contribution is 2.22. The average Bonchev–Trinajstić information content (AvgIpc) is 2.43. The van der Waals surface area contributed by atoms with Crippen LogP contribution in [0.3, 0.4) is 0 Å². The number of hydrogen-bond acceptors (Lipinski definition) is 5. The third-order valence-corrected chi connectivity index (χ3v) is 3.85. The molecule has 0 spiro atoms. The first-order valence-corrected chi connectivity index (χ1v) is 7.58. The van der Waals surface area contributed by atoms with E-state index in [0.29, 0.717) is 0 Å². The Morgan fingerprint density at radius 1 is 1.14 bits per heavy atom. The zero-order valence-corrected chi connectivity index (χ0v) is 14.1. The second-order valence-corrected chi connectivity index (χ2v) is 5.96. The van der Waals surface area contributed by atoms with Crippen LogP contribution in [0.5, 0.6) is 0 Å². The molecule has 0 saturated heterocycles. The maximum atomic E-state index is 4.25. The predicted molar refractivity (Wildman–Crippen MR) is 91.2 cm³/mol. The lowest BCUT2D eigenvalue weighted by molar-refractivity contribution is 0.425. The predicted octanol–water partition coefficient (Wildman–Crippen LogP) is 3.26. The van der Waals surface area contributed by atoms with Crippen molar-refractivity contribution in [2.75, 3.05) is 37.8 Å². The summed E-state index contributed by atoms with van der Waals surface area (Å²) in [5, 5.41) is 6.57. The van der Waals surface area contributed by atoms with Crippen molar-refractivity contribution in [2.45, 2.75) is 6.92 Å². The lowest BCUT2D eigenvalue weighted by atomic mass is 10.2. The molecule has 0 bridgehead atoms. The second-order valence-electron chi connectivity index (χ2n) is 5.11. The smallest absolute Gasteiger partial charge is 0.135 e. The van der Waals surface area contributed by atoms with Crippen molar-refractivity contribution in [2.24, 2.45) is 0 Å². The van der Waals surface area contributed by atoms with Crippen molar-refractivity contribution >= 4 is 33.3 Å². The summed E-state index contributed by atoms with van der Waals surface area (Å²) in [6, 6.07) is 8.02. The fourth-order valence-corrected chi connectivity index (χ4v) is 2.05. The fraction of sp³-hybridized carbons (Fsp3) is 0.333. The fourth-order valence-electron chi connectivity index (χ4n) is 1.80. The molecule has 0 aliphatic carbocycles. The van der Waals surface area contributed by atoms with Crippen molar-refractivity contribution < 1.29 is 0 Å². The van der Waals surface area contributed by atoms with Crippen LogP contribution in [-0.4, -0.2) is 42.1 Å². The van der Waals surface area contributed by atoms with Gasteiger partial charge in [-0.25, -0.2) is 9.97 Å². The molecule has 2 rings (SSSR count). The Balaban J connectivity index is 2.01. The normalized spacial score (nSPS) is 10.7. The summed E-state index contributed by atoms with van der Waals surface area (Å²) in [7, 11) is 4.09. The molecule has 0 atom stereocenters. The molecule has 1 aromatic carbocycles. The Morgan fingerprint density at radius 2 is 1.90 bits per heavy atom. The molecule has 112 valence electrons.